The topological polar surface area (TPSA) is 102 Å². The maximum Gasteiger partial charge on any atom is 0.408 e. The molecule has 0 aliphatic carbocycles. The van der Waals surface area contributed by atoms with Crippen LogP contribution in [0.25, 0.3) is 0 Å². The van der Waals surface area contributed by atoms with Gasteiger partial charge in [-0.1, -0.05) is 43.0 Å². The first-order chi connectivity index (χ1) is 11.0. The molecule has 1 aromatic carbocycles. The fourth-order valence-corrected chi connectivity index (χ4v) is 1.65. The molecule has 0 bridgehead atoms. The molecule has 0 aliphatic rings. The van der Waals surface area contributed by atoms with Crippen LogP contribution in [-0.2, 0) is 25.7 Å². The Kier molecular flexibility index (Phi) is 7.91. The van der Waals surface area contributed by atoms with E-state index in [1.807, 2.05) is 30.3 Å². The Labute approximate surface area is 133 Å². The fourth-order valence-electron chi connectivity index (χ4n) is 1.65. The van der Waals surface area contributed by atoms with Gasteiger partial charge in [-0.05, 0) is 12.0 Å². The van der Waals surface area contributed by atoms with E-state index in [1.165, 1.54) is 6.08 Å². The molecule has 0 spiro atoms. The Morgan fingerprint density at radius 3 is 2.52 bits per heavy atom. The first kappa shape index (κ1) is 18.2. The van der Waals surface area contributed by atoms with E-state index in [0.717, 1.165) is 5.56 Å². The number of ether oxygens (including phenoxy) is 2. The van der Waals surface area contributed by atoms with Gasteiger partial charge in [-0.3, -0.25) is 4.79 Å². The van der Waals surface area contributed by atoms with Crippen molar-refractivity contribution in [2.24, 2.45) is 0 Å². The number of carbonyl (C=O) groups excluding carboxylic acids is 2. The molecular weight excluding hydrogens is 302 g/mol. The molecule has 0 heterocycles. The smallest absolute Gasteiger partial charge is 0.408 e. The summed E-state index contributed by atoms with van der Waals surface area (Å²) in [5, 5.41) is 11.2. The largest absolute Gasteiger partial charge is 0.480 e. The van der Waals surface area contributed by atoms with E-state index in [9.17, 15) is 14.4 Å². The molecule has 124 valence electrons. The minimum absolute atomic E-state index is 0.0305. The van der Waals surface area contributed by atoms with Crippen molar-refractivity contribution >= 4 is 18.0 Å². The number of carboxylic acid groups (broad SMARTS) is 1. The van der Waals surface area contributed by atoms with Crippen LogP contribution >= 0.6 is 0 Å². The lowest BCUT2D eigenvalue weighted by Crippen LogP contribution is -2.41. The third-order valence-electron chi connectivity index (χ3n) is 2.80. The van der Waals surface area contributed by atoms with Gasteiger partial charge in [-0.15, -0.1) is 0 Å². The summed E-state index contributed by atoms with van der Waals surface area (Å²) >= 11 is 0. The zero-order valence-electron chi connectivity index (χ0n) is 12.6. The number of esters is 1. The third-order valence-corrected chi connectivity index (χ3v) is 2.80. The van der Waals surface area contributed by atoms with Crippen molar-refractivity contribution in [2.45, 2.75) is 25.5 Å². The molecule has 1 unspecified atom stereocenters. The number of benzene rings is 1. The number of nitrogens with one attached hydrogen (secondary N) is 1. The average Bonchev–Trinajstić information content (AvgIpc) is 2.55. The third kappa shape index (κ3) is 7.66. The van der Waals surface area contributed by atoms with Gasteiger partial charge in [-0.2, -0.15) is 0 Å². The molecule has 0 radical (unpaired) electrons. The SMILES string of the molecule is C=CCOC(=O)NC(CCC(=O)OCc1ccccc1)C(=O)O. The van der Waals surface area contributed by atoms with Gasteiger partial charge in [0.15, 0.2) is 0 Å². The molecule has 7 heteroatoms. The van der Waals surface area contributed by atoms with Crippen LogP contribution in [0.4, 0.5) is 4.79 Å². The van der Waals surface area contributed by atoms with E-state index in [2.05, 4.69) is 16.6 Å². The lowest BCUT2D eigenvalue weighted by atomic mass is 10.1. The highest BCUT2D eigenvalue weighted by Crippen LogP contribution is 2.05. The van der Waals surface area contributed by atoms with Crippen molar-refractivity contribution < 1.29 is 29.0 Å². The fraction of sp³-hybridized carbons (Fsp3) is 0.312. The molecule has 0 fully saturated rings. The van der Waals surface area contributed by atoms with Gasteiger partial charge >= 0.3 is 18.0 Å². The number of rotatable bonds is 9. The summed E-state index contributed by atoms with van der Waals surface area (Å²) in [6.07, 6.45) is 0.253. The Balaban J connectivity index is 2.36. The molecule has 1 atom stereocenters. The highest BCUT2D eigenvalue weighted by Gasteiger charge is 2.22. The van der Waals surface area contributed by atoms with Crippen molar-refractivity contribution in [3.8, 4) is 0 Å². The maximum absolute atomic E-state index is 11.6. The second-order valence-corrected chi connectivity index (χ2v) is 4.61. The van der Waals surface area contributed by atoms with Crippen molar-refractivity contribution in [3.05, 3.63) is 48.6 Å². The Morgan fingerprint density at radius 1 is 1.22 bits per heavy atom. The van der Waals surface area contributed by atoms with Gasteiger partial charge in [0.1, 0.15) is 19.3 Å². The molecule has 1 rings (SSSR count). The van der Waals surface area contributed by atoms with E-state index < -0.39 is 24.1 Å². The summed E-state index contributed by atoms with van der Waals surface area (Å²) < 4.78 is 9.68. The average molecular weight is 321 g/mol. The van der Waals surface area contributed by atoms with Gasteiger partial charge < -0.3 is 19.9 Å². The lowest BCUT2D eigenvalue weighted by molar-refractivity contribution is -0.145. The van der Waals surface area contributed by atoms with Crippen molar-refractivity contribution in [1.82, 2.24) is 5.32 Å². The Hall–Kier alpha value is -2.83. The van der Waals surface area contributed by atoms with E-state index in [1.54, 1.807) is 0 Å². The van der Waals surface area contributed by atoms with Gasteiger partial charge in [0, 0.05) is 6.42 Å². The molecule has 0 saturated heterocycles. The number of hydrogen-bond donors (Lipinski definition) is 2. The second-order valence-electron chi connectivity index (χ2n) is 4.61. The molecule has 0 saturated carbocycles. The monoisotopic (exact) mass is 321 g/mol. The second kappa shape index (κ2) is 9.99. The zero-order valence-corrected chi connectivity index (χ0v) is 12.6. The number of aliphatic carboxylic acids is 1. The molecule has 1 aromatic rings. The minimum atomic E-state index is -1.25. The van der Waals surface area contributed by atoms with Crippen molar-refractivity contribution in [3.63, 3.8) is 0 Å². The van der Waals surface area contributed by atoms with Gasteiger partial charge in [0.05, 0.1) is 0 Å². The summed E-state index contributed by atoms with van der Waals surface area (Å²) in [6.45, 7) is 3.46. The summed E-state index contributed by atoms with van der Waals surface area (Å²) in [5.74, 6) is -1.79. The maximum atomic E-state index is 11.6. The molecule has 23 heavy (non-hydrogen) atoms. The number of alkyl carbamates (subject to hydrolysis) is 1. The van der Waals surface area contributed by atoms with Gasteiger partial charge in [-0.25, -0.2) is 9.59 Å². The van der Waals surface area contributed by atoms with Crippen LogP contribution in [0.5, 0.6) is 0 Å². The number of hydrogen-bond acceptors (Lipinski definition) is 5. The number of carbonyl (C=O) groups is 3. The van der Waals surface area contributed by atoms with Gasteiger partial charge in [0.2, 0.25) is 0 Å². The van der Waals surface area contributed by atoms with E-state index in [4.69, 9.17) is 9.84 Å². The van der Waals surface area contributed by atoms with E-state index in [0.29, 0.717) is 0 Å². The number of amides is 1. The highest BCUT2D eigenvalue weighted by atomic mass is 16.5. The summed E-state index contributed by atoms with van der Waals surface area (Å²) in [6, 6.07) is 7.89. The lowest BCUT2D eigenvalue weighted by Gasteiger charge is -2.13. The predicted octanol–water partition coefficient (Wildman–Crippen LogP) is 1.88. The van der Waals surface area contributed by atoms with Crippen LogP contribution in [0.15, 0.2) is 43.0 Å². The summed E-state index contributed by atoms with van der Waals surface area (Å²) in [5.41, 5.74) is 0.835. The zero-order chi connectivity index (χ0) is 17.1. The van der Waals surface area contributed by atoms with Crippen LogP contribution < -0.4 is 5.32 Å². The first-order valence-electron chi connectivity index (χ1n) is 6.99. The van der Waals surface area contributed by atoms with Crippen LogP contribution in [0, 0.1) is 0 Å². The molecule has 7 nitrogen and oxygen atoms in total. The quantitative estimate of drug-likeness (QED) is 0.532. The van der Waals surface area contributed by atoms with Crippen LogP contribution in [0.1, 0.15) is 18.4 Å². The summed E-state index contributed by atoms with van der Waals surface area (Å²) in [4.78, 5) is 34.0. The molecule has 1 amide bonds. The standard InChI is InChI=1S/C16H19NO6/c1-2-10-22-16(21)17-13(15(19)20)8-9-14(18)23-11-12-6-4-3-5-7-12/h2-7,13H,1,8-11H2,(H,17,21)(H,19,20). The van der Waals surface area contributed by atoms with E-state index >= 15 is 0 Å². The molecular formula is C16H19NO6. The van der Waals surface area contributed by atoms with Crippen molar-refractivity contribution in [2.75, 3.05) is 6.61 Å². The highest BCUT2D eigenvalue weighted by molar-refractivity contribution is 5.80. The van der Waals surface area contributed by atoms with Crippen LogP contribution in [0.2, 0.25) is 0 Å². The van der Waals surface area contributed by atoms with Crippen molar-refractivity contribution in [1.29, 1.82) is 0 Å². The number of carboxylic acids is 1. The van der Waals surface area contributed by atoms with Crippen LogP contribution in [-0.4, -0.2) is 35.8 Å². The first-order valence-corrected chi connectivity index (χ1v) is 6.99. The minimum Gasteiger partial charge on any atom is -0.480 e. The molecule has 2 N–H and O–H groups in total. The Morgan fingerprint density at radius 2 is 1.91 bits per heavy atom. The van der Waals surface area contributed by atoms with Crippen LogP contribution in [0.3, 0.4) is 0 Å². The predicted molar refractivity (Wildman–Crippen MR) is 81.6 cm³/mol. The Bertz CT molecular complexity index is 543. The van der Waals surface area contributed by atoms with Gasteiger partial charge in [0.25, 0.3) is 0 Å². The summed E-state index contributed by atoms with van der Waals surface area (Å²) in [7, 11) is 0. The normalized spacial score (nSPS) is 11.1. The molecule has 0 aromatic heterocycles. The molecule has 0 aliphatic heterocycles. The van der Waals surface area contributed by atoms with E-state index in [-0.39, 0.29) is 26.1 Å².